The standard InChI is InChI=1S/C11H13NO6S/c1-7(13)17-11(18-8(2)14)9-3-5-10(6-4-9)19(12,15)16/h3-6,11H,1-2H3,(H2,12,15,16). The van der Waals surface area contributed by atoms with Gasteiger partial charge in [-0.3, -0.25) is 9.59 Å². The van der Waals surface area contributed by atoms with Gasteiger partial charge in [0.25, 0.3) is 6.29 Å². The Bertz CT molecular complexity index is 562. The maximum Gasteiger partial charge on any atom is 0.305 e. The highest BCUT2D eigenvalue weighted by Gasteiger charge is 2.18. The summed E-state index contributed by atoms with van der Waals surface area (Å²) in [5.41, 5.74) is 0.317. The van der Waals surface area contributed by atoms with E-state index in [0.29, 0.717) is 5.56 Å². The average Bonchev–Trinajstić information content (AvgIpc) is 2.26. The summed E-state index contributed by atoms with van der Waals surface area (Å²) in [6, 6.07) is 5.14. The van der Waals surface area contributed by atoms with Crippen molar-refractivity contribution in [3.05, 3.63) is 29.8 Å². The molecular formula is C11H13NO6S. The van der Waals surface area contributed by atoms with E-state index in [9.17, 15) is 18.0 Å². The van der Waals surface area contributed by atoms with Crippen molar-refractivity contribution in [1.82, 2.24) is 0 Å². The summed E-state index contributed by atoms with van der Waals surface area (Å²) >= 11 is 0. The van der Waals surface area contributed by atoms with E-state index in [1.807, 2.05) is 0 Å². The molecule has 2 N–H and O–H groups in total. The number of carbonyl (C=O) groups excluding carboxylic acids is 2. The van der Waals surface area contributed by atoms with Gasteiger partial charge in [-0.25, -0.2) is 13.6 Å². The van der Waals surface area contributed by atoms with Crippen molar-refractivity contribution in [2.45, 2.75) is 25.0 Å². The number of hydrogen-bond donors (Lipinski definition) is 1. The fraction of sp³-hybridized carbons (Fsp3) is 0.273. The number of sulfonamides is 1. The highest BCUT2D eigenvalue weighted by Crippen LogP contribution is 2.21. The van der Waals surface area contributed by atoms with Crippen molar-refractivity contribution >= 4 is 22.0 Å². The van der Waals surface area contributed by atoms with Crippen LogP contribution < -0.4 is 5.14 Å². The van der Waals surface area contributed by atoms with E-state index in [1.54, 1.807) is 0 Å². The number of hydrogen-bond acceptors (Lipinski definition) is 6. The van der Waals surface area contributed by atoms with Gasteiger partial charge in [-0.1, -0.05) is 12.1 Å². The summed E-state index contributed by atoms with van der Waals surface area (Å²) < 4.78 is 31.8. The Morgan fingerprint density at radius 3 is 1.79 bits per heavy atom. The predicted molar refractivity (Wildman–Crippen MR) is 64.1 cm³/mol. The molecule has 0 aromatic heterocycles. The highest BCUT2D eigenvalue weighted by atomic mass is 32.2. The molecule has 0 fully saturated rings. The fourth-order valence-electron chi connectivity index (χ4n) is 1.28. The number of rotatable bonds is 4. The first-order valence-electron chi connectivity index (χ1n) is 5.17. The summed E-state index contributed by atoms with van der Waals surface area (Å²) in [5.74, 6) is -1.27. The van der Waals surface area contributed by atoms with Crippen LogP contribution in [0.1, 0.15) is 25.7 Å². The Balaban J connectivity index is 3.03. The molecule has 1 aromatic carbocycles. The van der Waals surface area contributed by atoms with Crippen LogP contribution in [0.25, 0.3) is 0 Å². The summed E-state index contributed by atoms with van der Waals surface area (Å²) in [6.07, 6.45) is -1.22. The number of primary sulfonamides is 1. The largest absolute Gasteiger partial charge is 0.421 e. The molecule has 104 valence electrons. The van der Waals surface area contributed by atoms with Gasteiger partial charge < -0.3 is 9.47 Å². The van der Waals surface area contributed by atoms with E-state index in [2.05, 4.69) is 0 Å². The molecule has 0 aliphatic heterocycles. The second-order valence-electron chi connectivity index (χ2n) is 3.66. The van der Waals surface area contributed by atoms with Crippen molar-refractivity contribution in [3.63, 3.8) is 0 Å². The summed E-state index contributed by atoms with van der Waals surface area (Å²) in [4.78, 5) is 21.7. The van der Waals surface area contributed by atoms with E-state index in [-0.39, 0.29) is 4.90 Å². The molecule has 0 heterocycles. The zero-order chi connectivity index (χ0) is 14.6. The lowest BCUT2D eigenvalue weighted by atomic mass is 10.2. The lowest BCUT2D eigenvalue weighted by Gasteiger charge is -2.16. The number of esters is 2. The minimum Gasteiger partial charge on any atom is -0.421 e. The summed E-state index contributed by atoms with van der Waals surface area (Å²) in [5, 5.41) is 4.95. The molecule has 0 saturated heterocycles. The molecule has 0 bridgehead atoms. The molecule has 1 rings (SSSR count). The molecule has 0 aliphatic rings. The Hall–Kier alpha value is -1.93. The Morgan fingerprint density at radius 1 is 1.05 bits per heavy atom. The molecule has 0 aliphatic carbocycles. The quantitative estimate of drug-likeness (QED) is 0.635. The lowest BCUT2D eigenvalue weighted by Crippen LogP contribution is -2.16. The van der Waals surface area contributed by atoms with Crippen LogP contribution in [0.5, 0.6) is 0 Å². The topological polar surface area (TPSA) is 113 Å². The van der Waals surface area contributed by atoms with Gasteiger partial charge >= 0.3 is 11.9 Å². The van der Waals surface area contributed by atoms with Crippen LogP contribution in [0.3, 0.4) is 0 Å². The van der Waals surface area contributed by atoms with Crippen LogP contribution in [0.4, 0.5) is 0 Å². The van der Waals surface area contributed by atoms with E-state index >= 15 is 0 Å². The van der Waals surface area contributed by atoms with Gasteiger partial charge in [0, 0.05) is 19.4 Å². The molecular weight excluding hydrogens is 274 g/mol. The van der Waals surface area contributed by atoms with Crippen LogP contribution in [-0.4, -0.2) is 20.4 Å². The SMILES string of the molecule is CC(=O)OC(OC(C)=O)c1ccc(S(N)(=O)=O)cc1. The lowest BCUT2D eigenvalue weighted by molar-refractivity contribution is -0.186. The first-order valence-corrected chi connectivity index (χ1v) is 6.72. The second-order valence-corrected chi connectivity index (χ2v) is 5.23. The Labute approximate surface area is 110 Å². The first-order chi connectivity index (χ1) is 8.70. The van der Waals surface area contributed by atoms with Gasteiger partial charge in [-0.05, 0) is 12.1 Å². The number of nitrogens with two attached hydrogens (primary N) is 1. The number of ether oxygens (including phenoxy) is 2. The fourth-order valence-corrected chi connectivity index (χ4v) is 1.79. The summed E-state index contributed by atoms with van der Waals surface area (Å²) in [7, 11) is -3.81. The van der Waals surface area contributed by atoms with E-state index < -0.39 is 28.3 Å². The predicted octanol–water partition coefficient (Wildman–Crippen LogP) is 0.459. The van der Waals surface area contributed by atoms with Crippen LogP contribution in [0.15, 0.2) is 29.2 Å². The maximum atomic E-state index is 11.1. The zero-order valence-corrected chi connectivity index (χ0v) is 11.1. The van der Waals surface area contributed by atoms with Crippen LogP contribution >= 0.6 is 0 Å². The third kappa shape index (κ3) is 4.68. The average molecular weight is 287 g/mol. The minimum absolute atomic E-state index is 0.0966. The number of benzene rings is 1. The summed E-state index contributed by atoms with van der Waals surface area (Å²) in [6.45, 7) is 2.32. The third-order valence-corrected chi connectivity index (χ3v) is 2.96. The van der Waals surface area contributed by atoms with E-state index in [0.717, 1.165) is 13.8 Å². The second kappa shape index (κ2) is 5.81. The molecule has 1 aromatic rings. The third-order valence-electron chi connectivity index (χ3n) is 2.03. The molecule has 8 heteroatoms. The smallest absolute Gasteiger partial charge is 0.305 e. The normalized spacial score (nSPS) is 11.2. The maximum absolute atomic E-state index is 11.1. The molecule has 0 radical (unpaired) electrons. The van der Waals surface area contributed by atoms with Gasteiger partial charge in [0.1, 0.15) is 0 Å². The van der Waals surface area contributed by atoms with Gasteiger partial charge in [0.2, 0.25) is 10.0 Å². The number of carbonyl (C=O) groups is 2. The molecule has 19 heavy (non-hydrogen) atoms. The molecule has 7 nitrogen and oxygen atoms in total. The molecule has 0 spiro atoms. The molecule has 0 saturated carbocycles. The van der Waals surface area contributed by atoms with Crippen LogP contribution in [-0.2, 0) is 29.1 Å². The first kappa shape index (κ1) is 15.1. The van der Waals surface area contributed by atoms with Crippen molar-refractivity contribution in [3.8, 4) is 0 Å². The van der Waals surface area contributed by atoms with Crippen molar-refractivity contribution in [1.29, 1.82) is 0 Å². The Morgan fingerprint density at radius 2 is 1.47 bits per heavy atom. The minimum atomic E-state index is -3.81. The van der Waals surface area contributed by atoms with Crippen molar-refractivity contribution < 1.29 is 27.5 Å². The Kier molecular flexibility index (Phi) is 4.62. The molecule has 0 amide bonds. The van der Waals surface area contributed by atoms with E-state index in [1.165, 1.54) is 24.3 Å². The molecule has 0 unspecified atom stereocenters. The van der Waals surface area contributed by atoms with Gasteiger partial charge in [-0.2, -0.15) is 0 Å². The van der Waals surface area contributed by atoms with Crippen LogP contribution in [0, 0.1) is 0 Å². The van der Waals surface area contributed by atoms with Gasteiger partial charge in [0.05, 0.1) is 4.90 Å². The van der Waals surface area contributed by atoms with Gasteiger partial charge in [0.15, 0.2) is 0 Å². The molecule has 0 atom stereocenters. The van der Waals surface area contributed by atoms with Crippen LogP contribution in [0.2, 0.25) is 0 Å². The van der Waals surface area contributed by atoms with Crippen molar-refractivity contribution in [2.75, 3.05) is 0 Å². The monoisotopic (exact) mass is 287 g/mol. The highest BCUT2D eigenvalue weighted by molar-refractivity contribution is 7.89. The van der Waals surface area contributed by atoms with E-state index in [4.69, 9.17) is 14.6 Å². The zero-order valence-electron chi connectivity index (χ0n) is 10.3. The van der Waals surface area contributed by atoms with Crippen molar-refractivity contribution in [2.24, 2.45) is 5.14 Å². The van der Waals surface area contributed by atoms with Gasteiger partial charge in [-0.15, -0.1) is 0 Å².